The fourth-order valence-electron chi connectivity index (χ4n) is 1.45. The number of nitrogens with one attached hydrogen (secondary N) is 2. The average Bonchev–Trinajstić information content (AvgIpc) is 2.37. The summed E-state index contributed by atoms with van der Waals surface area (Å²) in [5, 5.41) is 3.37. The molecule has 1 aromatic heterocycles. The lowest BCUT2D eigenvalue weighted by molar-refractivity contribution is 0.592. The zero-order valence-electron chi connectivity index (χ0n) is 11.2. The summed E-state index contributed by atoms with van der Waals surface area (Å²) in [7, 11) is 0. The molecule has 0 aliphatic rings. The predicted molar refractivity (Wildman–Crippen MR) is 71.9 cm³/mol. The van der Waals surface area contributed by atoms with E-state index in [-0.39, 0.29) is 0 Å². The second kappa shape index (κ2) is 6.39. The second-order valence-electron chi connectivity index (χ2n) is 4.35. The Morgan fingerprint density at radius 1 is 1.24 bits per heavy atom. The minimum absolute atomic E-state index is 0.628. The van der Waals surface area contributed by atoms with Gasteiger partial charge in [-0.15, -0.1) is 0 Å². The van der Waals surface area contributed by atoms with Gasteiger partial charge in [-0.1, -0.05) is 27.2 Å². The molecule has 0 aromatic carbocycles. The molecule has 17 heavy (non-hydrogen) atoms. The molecule has 0 aliphatic carbocycles. The molecule has 0 bridgehead atoms. The molecule has 4 N–H and O–H groups in total. The van der Waals surface area contributed by atoms with Crippen LogP contribution < -0.4 is 16.6 Å². The van der Waals surface area contributed by atoms with E-state index in [0.29, 0.717) is 11.7 Å². The number of nitrogens with zero attached hydrogens (tertiary/aromatic N) is 2. The normalized spacial score (nSPS) is 12.3. The molecule has 0 spiro atoms. The number of aryl methyl sites for hydroxylation is 1. The molecule has 1 atom stereocenters. The summed E-state index contributed by atoms with van der Waals surface area (Å²) in [6.07, 6.45) is 1.95. The van der Waals surface area contributed by atoms with E-state index in [1.807, 2.05) is 13.8 Å². The van der Waals surface area contributed by atoms with Crippen molar-refractivity contribution >= 4 is 11.6 Å². The van der Waals surface area contributed by atoms with Gasteiger partial charge in [-0.2, -0.15) is 0 Å². The minimum Gasteiger partial charge on any atom is -0.369 e. The van der Waals surface area contributed by atoms with E-state index in [2.05, 4.69) is 34.6 Å². The molecule has 0 fully saturated rings. The molecule has 5 nitrogen and oxygen atoms in total. The molecule has 96 valence electrons. The van der Waals surface area contributed by atoms with Crippen LogP contribution in [0.3, 0.4) is 0 Å². The third-order valence-corrected chi connectivity index (χ3v) is 2.96. The molecule has 1 heterocycles. The smallest absolute Gasteiger partial charge is 0.148 e. The number of hydrogen-bond donors (Lipinski definition) is 3. The standard InChI is InChI=1S/C12H23N5/c1-5-8(3)7-14-11-9(4)12(17-13)16-10(6-2)15-11/h8H,5-7,13H2,1-4H3,(H2,14,15,16,17). The van der Waals surface area contributed by atoms with Crippen LogP contribution >= 0.6 is 0 Å². The molecule has 5 heteroatoms. The van der Waals surface area contributed by atoms with E-state index in [1.165, 1.54) is 0 Å². The number of aromatic nitrogens is 2. The highest BCUT2D eigenvalue weighted by Gasteiger charge is 2.09. The van der Waals surface area contributed by atoms with Gasteiger partial charge < -0.3 is 10.7 Å². The maximum Gasteiger partial charge on any atom is 0.148 e. The Kier molecular flexibility index (Phi) is 5.15. The second-order valence-corrected chi connectivity index (χ2v) is 4.35. The summed E-state index contributed by atoms with van der Waals surface area (Å²) in [5.74, 6) is 8.46. The van der Waals surface area contributed by atoms with Gasteiger partial charge in [0.05, 0.1) is 0 Å². The maximum absolute atomic E-state index is 5.46. The summed E-state index contributed by atoms with van der Waals surface area (Å²) in [5.41, 5.74) is 3.59. The van der Waals surface area contributed by atoms with Crippen molar-refractivity contribution in [1.29, 1.82) is 0 Å². The fraction of sp³-hybridized carbons (Fsp3) is 0.667. The minimum atomic E-state index is 0.628. The lowest BCUT2D eigenvalue weighted by Crippen LogP contribution is -2.17. The molecular formula is C12H23N5. The lowest BCUT2D eigenvalue weighted by atomic mass is 10.1. The van der Waals surface area contributed by atoms with Crippen molar-refractivity contribution in [2.24, 2.45) is 11.8 Å². The quantitative estimate of drug-likeness (QED) is 0.522. The van der Waals surface area contributed by atoms with Gasteiger partial charge in [0.1, 0.15) is 17.5 Å². The Balaban J connectivity index is 2.89. The Morgan fingerprint density at radius 2 is 1.88 bits per heavy atom. The Labute approximate surface area is 103 Å². The highest BCUT2D eigenvalue weighted by molar-refractivity contribution is 5.56. The van der Waals surface area contributed by atoms with Crippen molar-refractivity contribution < 1.29 is 0 Å². The molecule has 0 radical (unpaired) electrons. The first-order valence-corrected chi connectivity index (χ1v) is 6.20. The van der Waals surface area contributed by atoms with Gasteiger partial charge in [0.15, 0.2) is 0 Å². The molecule has 0 amide bonds. The van der Waals surface area contributed by atoms with E-state index < -0.39 is 0 Å². The number of hydrogen-bond acceptors (Lipinski definition) is 5. The molecular weight excluding hydrogens is 214 g/mol. The Bertz CT molecular complexity index is 364. The summed E-state index contributed by atoms with van der Waals surface area (Å²) in [6, 6.07) is 0. The van der Waals surface area contributed by atoms with Crippen molar-refractivity contribution in [3.63, 3.8) is 0 Å². The third-order valence-electron chi connectivity index (χ3n) is 2.96. The molecule has 1 unspecified atom stereocenters. The van der Waals surface area contributed by atoms with E-state index in [0.717, 1.165) is 36.6 Å². The van der Waals surface area contributed by atoms with Crippen LogP contribution in [0.15, 0.2) is 0 Å². The van der Waals surface area contributed by atoms with Gasteiger partial charge in [0.2, 0.25) is 0 Å². The van der Waals surface area contributed by atoms with Gasteiger partial charge in [0, 0.05) is 18.5 Å². The van der Waals surface area contributed by atoms with Crippen LogP contribution in [0.2, 0.25) is 0 Å². The topological polar surface area (TPSA) is 75.9 Å². The van der Waals surface area contributed by atoms with E-state index in [4.69, 9.17) is 5.84 Å². The van der Waals surface area contributed by atoms with Crippen LogP contribution in [-0.2, 0) is 6.42 Å². The average molecular weight is 237 g/mol. The van der Waals surface area contributed by atoms with E-state index in [1.54, 1.807) is 0 Å². The highest BCUT2D eigenvalue weighted by atomic mass is 15.3. The summed E-state index contributed by atoms with van der Waals surface area (Å²) in [4.78, 5) is 8.82. The van der Waals surface area contributed by atoms with Crippen LogP contribution in [0.25, 0.3) is 0 Å². The molecule has 0 saturated heterocycles. The highest BCUT2D eigenvalue weighted by Crippen LogP contribution is 2.19. The van der Waals surface area contributed by atoms with E-state index >= 15 is 0 Å². The van der Waals surface area contributed by atoms with Crippen molar-refractivity contribution in [2.45, 2.75) is 40.5 Å². The summed E-state index contributed by atoms with van der Waals surface area (Å²) < 4.78 is 0. The fourth-order valence-corrected chi connectivity index (χ4v) is 1.45. The van der Waals surface area contributed by atoms with Crippen LogP contribution in [0.1, 0.15) is 38.6 Å². The number of anilines is 2. The van der Waals surface area contributed by atoms with Crippen molar-refractivity contribution in [3.8, 4) is 0 Å². The van der Waals surface area contributed by atoms with Crippen LogP contribution in [0.5, 0.6) is 0 Å². The Morgan fingerprint density at radius 3 is 2.41 bits per heavy atom. The number of nitrogens with two attached hydrogens (primary N) is 1. The number of rotatable bonds is 6. The van der Waals surface area contributed by atoms with E-state index in [9.17, 15) is 0 Å². The first-order valence-electron chi connectivity index (χ1n) is 6.20. The SMILES string of the molecule is CCc1nc(NN)c(C)c(NCC(C)CC)n1. The predicted octanol–water partition coefficient (Wildman–Crippen LogP) is 2.09. The number of nitrogen functional groups attached to an aromatic ring is 1. The molecule has 1 rings (SSSR count). The van der Waals surface area contributed by atoms with Crippen LogP contribution in [0, 0.1) is 12.8 Å². The zero-order valence-corrected chi connectivity index (χ0v) is 11.2. The van der Waals surface area contributed by atoms with Crippen molar-refractivity contribution in [3.05, 3.63) is 11.4 Å². The first-order chi connectivity index (χ1) is 8.12. The van der Waals surface area contributed by atoms with Gasteiger partial charge in [-0.25, -0.2) is 15.8 Å². The van der Waals surface area contributed by atoms with Crippen LogP contribution in [-0.4, -0.2) is 16.5 Å². The van der Waals surface area contributed by atoms with Crippen molar-refractivity contribution in [1.82, 2.24) is 9.97 Å². The largest absolute Gasteiger partial charge is 0.369 e. The summed E-state index contributed by atoms with van der Waals surface area (Å²) >= 11 is 0. The number of hydrazine groups is 1. The monoisotopic (exact) mass is 237 g/mol. The first kappa shape index (κ1) is 13.7. The molecule has 0 aliphatic heterocycles. The van der Waals surface area contributed by atoms with Gasteiger partial charge in [-0.3, -0.25) is 0 Å². The lowest BCUT2D eigenvalue weighted by Gasteiger charge is -2.15. The maximum atomic E-state index is 5.46. The molecule has 1 aromatic rings. The zero-order chi connectivity index (χ0) is 12.8. The Hall–Kier alpha value is -1.36. The van der Waals surface area contributed by atoms with Gasteiger partial charge in [0.25, 0.3) is 0 Å². The molecule has 0 saturated carbocycles. The van der Waals surface area contributed by atoms with Crippen molar-refractivity contribution in [2.75, 3.05) is 17.3 Å². The van der Waals surface area contributed by atoms with Gasteiger partial charge >= 0.3 is 0 Å². The summed E-state index contributed by atoms with van der Waals surface area (Å²) in [6.45, 7) is 9.31. The van der Waals surface area contributed by atoms with Gasteiger partial charge in [-0.05, 0) is 12.8 Å². The third kappa shape index (κ3) is 3.56. The van der Waals surface area contributed by atoms with Crippen LogP contribution in [0.4, 0.5) is 11.6 Å².